The monoisotopic (exact) mass is 662 g/mol. The van der Waals surface area contributed by atoms with E-state index in [0.717, 1.165) is 0 Å². The summed E-state index contributed by atoms with van der Waals surface area (Å²) in [6, 6.07) is 0. The zero-order valence-electron chi connectivity index (χ0n) is 18.9. The number of carbonyl (C=O) groups is 2. The van der Waals surface area contributed by atoms with Gasteiger partial charge in [-0.2, -0.15) is 0 Å². The molecule has 232 valence electrons. The van der Waals surface area contributed by atoms with E-state index in [0.29, 0.717) is 0 Å². The molecule has 0 aliphatic rings. The fourth-order valence-corrected chi connectivity index (χ4v) is 3.96. The van der Waals surface area contributed by atoms with E-state index in [1.165, 1.54) is 0 Å². The number of Topliss-reactive ketones (excluding diaryl/α,β-unsaturated/α-hetero) is 2. The number of aliphatic hydroxyl groups excluding tert-OH is 5. The Balaban J connectivity index is 5.46. The number of carbonyl (C=O) groups excluding carboxylic acids is 2. The molecule has 0 bridgehead atoms. The maximum atomic E-state index is 12.2. The molecule has 0 aromatic heterocycles. The molecule has 0 amide bonds. The second-order valence-corrected chi connectivity index (χ2v) is 12.2. The molecule has 12 N–H and O–H groups in total. The Morgan fingerprint density at radius 1 is 0.564 bits per heavy atom. The van der Waals surface area contributed by atoms with Crippen molar-refractivity contribution in [2.24, 2.45) is 0 Å². The van der Waals surface area contributed by atoms with Gasteiger partial charge in [-0.05, 0) is 0 Å². The van der Waals surface area contributed by atoms with Gasteiger partial charge in [-0.3, -0.25) is 32.2 Å². The van der Waals surface area contributed by atoms with Crippen LogP contribution in [0.5, 0.6) is 0 Å². The number of aliphatic hydroxyl groups is 5. The molecule has 0 saturated carbocycles. The van der Waals surface area contributed by atoms with E-state index < -0.39 is 106 Å². The molecule has 0 aromatic rings. The Hall–Kier alpha value is -0.420. The lowest BCUT2D eigenvalue weighted by molar-refractivity contribution is -0.144. The summed E-state index contributed by atoms with van der Waals surface area (Å²) in [4.78, 5) is 85.5. The topological polar surface area (TPSA) is 391 Å². The summed E-state index contributed by atoms with van der Waals surface area (Å²) in [6.45, 7) is -6.01. The van der Waals surface area contributed by atoms with Crippen LogP contribution >= 0.6 is 31.3 Å². The second kappa shape index (κ2) is 15.7. The molecular formula is C12H26O23P4. The van der Waals surface area contributed by atoms with Crippen molar-refractivity contribution >= 4 is 42.9 Å². The van der Waals surface area contributed by atoms with Gasteiger partial charge >= 0.3 is 31.3 Å². The van der Waals surface area contributed by atoms with Gasteiger partial charge in [0.15, 0.2) is 17.7 Å². The summed E-state index contributed by atoms with van der Waals surface area (Å²) in [6.07, 6.45) is -15.4. The van der Waals surface area contributed by atoms with Gasteiger partial charge in [0.05, 0.1) is 13.2 Å². The summed E-state index contributed by atoms with van der Waals surface area (Å²) >= 11 is 0. The molecule has 0 fully saturated rings. The molecule has 7 atom stereocenters. The van der Waals surface area contributed by atoms with Gasteiger partial charge in [-0.1, -0.05) is 0 Å². The van der Waals surface area contributed by atoms with E-state index >= 15 is 0 Å². The van der Waals surface area contributed by atoms with Crippen molar-refractivity contribution in [1.29, 1.82) is 0 Å². The zero-order chi connectivity index (χ0) is 31.0. The van der Waals surface area contributed by atoms with E-state index in [1.54, 1.807) is 0 Å². The van der Waals surface area contributed by atoms with Crippen LogP contribution in [0.15, 0.2) is 0 Å². The SMILES string of the molecule is O=C(COP(=O)(O)O[C@H](C(=O)COP(=O)(O)O)[C@H](O)[C@H](O)COP(=O)(O)O)[C@@H](O)[C@H](O)[C@H](O)COP(=O)(O)O. The predicted octanol–water partition coefficient (Wildman–Crippen LogP) is -5.24. The standard InChI is InChI=1S/C12H26O23P4/c13-5(1-31-36(20,21)22)9(17)10(18)6(14)3-34-39(29,30)35-12(8(16)4-33-38(26,27)28)11(19)7(15)2-32-37(23,24)25/h5,7,9-13,15,17-19H,1-4H2,(H,29,30)(H2,20,21,22)(H2,23,24,25)(H2,26,27,28)/t5-,7-,9-,10-,11-,12-/m1/s1. The number of hydrogen-bond donors (Lipinski definition) is 12. The van der Waals surface area contributed by atoms with Crippen molar-refractivity contribution < 1.29 is 110 Å². The lowest BCUT2D eigenvalue weighted by Crippen LogP contribution is -2.47. The minimum Gasteiger partial charge on any atom is -0.388 e. The summed E-state index contributed by atoms with van der Waals surface area (Å²) in [7, 11) is -21.5. The van der Waals surface area contributed by atoms with E-state index in [-0.39, 0.29) is 0 Å². The van der Waals surface area contributed by atoms with Gasteiger partial charge in [0.1, 0.15) is 43.7 Å². The summed E-state index contributed by atoms with van der Waals surface area (Å²) in [5.74, 6) is -3.45. The Morgan fingerprint density at radius 3 is 1.36 bits per heavy atom. The molecule has 0 rings (SSSR count). The van der Waals surface area contributed by atoms with Crippen molar-refractivity contribution in [2.45, 2.75) is 36.6 Å². The average Bonchev–Trinajstić information content (AvgIpc) is 2.78. The van der Waals surface area contributed by atoms with Crippen LogP contribution in [0.1, 0.15) is 0 Å². The lowest BCUT2D eigenvalue weighted by atomic mass is 10.1. The third-order valence-electron chi connectivity index (χ3n) is 3.89. The predicted molar refractivity (Wildman–Crippen MR) is 115 cm³/mol. The molecule has 23 nitrogen and oxygen atoms in total. The van der Waals surface area contributed by atoms with Gasteiger partial charge in [-0.15, -0.1) is 0 Å². The highest BCUT2D eigenvalue weighted by molar-refractivity contribution is 7.47. The molecule has 0 aromatic carbocycles. The first kappa shape index (κ1) is 38.6. The fraction of sp³-hybridized carbons (Fsp3) is 0.833. The first-order valence-corrected chi connectivity index (χ1v) is 15.7. The van der Waals surface area contributed by atoms with Crippen molar-refractivity contribution in [3.05, 3.63) is 0 Å². The van der Waals surface area contributed by atoms with Crippen LogP contribution in [0.4, 0.5) is 0 Å². The Morgan fingerprint density at radius 2 is 0.949 bits per heavy atom. The van der Waals surface area contributed by atoms with Crippen LogP contribution < -0.4 is 0 Å². The summed E-state index contributed by atoms with van der Waals surface area (Å²) < 4.78 is 64.3. The Bertz CT molecular complexity index is 997. The maximum Gasteiger partial charge on any atom is 0.473 e. The summed E-state index contributed by atoms with van der Waals surface area (Å²) in [5, 5.41) is 48.7. The molecule has 0 radical (unpaired) electrons. The van der Waals surface area contributed by atoms with Crippen LogP contribution in [0.25, 0.3) is 0 Å². The first-order valence-electron chi connectivity index (χ1n) is 9.57. The zero-order valence-corrected chi connectivity index (χ0v) is 22.5. The third kappa shape index (κ3) is 17.2. The van der Waals surface area contributed by atoms with Crippen molar-refractivity contribution in [1.82, 2.24) is 0 Å². The number of rotatable bonds is 20. The molecular weight excluding hydrogens is 636 g/mol. The van der Waals surface area contributed by atoms with E-state index in [1.807, 2.05) is 0 Å². The minimum atomic E-state index is -5.73. The molecule has 0 aliphatic carbocycles. The van der Waals surface area contributed by atoms with Crippen LogP contribution in [-0.2, 0) is 50.5 Å². The van der Waals surface area contributed by atoms with Gasteiger partial charge in [0, 0.05) is 0 Å². The van der Waals surface area contributed by atoms with Gasteiger partial charge in [0.25, 0.3) is 0 Å². The molecule has 0 aliphatic heterocycles. The largest absolute Gasteiger partial charge is 0.473 e. The number of ketones is 2. The van der Waals surface area contributed by atoms with Gasteiger partial charge in [0.2, 0.25) is 0 Å². The highest BCUT2D eigenvalue weighted by Gasteiger charge is 2.41. The average molecular weight is 662 g/mol. The van der Waals surface area contributed by atoms with Gasteiger partial charge < -0.3 is 59.8 Å². The number of phosphoric acid groups is 4. The number of hydrogen-bond acceptors (Lipinski definition) is 16. The van der Waals surface area contributed by atoms with Crippen molar-refractivity contribution in [3.8, 4) is 0 Å². The van der Waals surface area contributed by atoms with Crippen LogP contribution in [0.3, 0.4) is 0 Å². The minimum absolute atomic E-state index is 1.29. The first-order chi connectivity index (χ1) is 17.4. The van der Waals surface area contributed by atoms with Gasteiger partial charge in [-0.25, -0.2) is 18.3 Å². The molecule has 1 unspecified atom stereocenters. The van der Waals surface area contributed by atoms with Crippen LogP contribution in [0, 0.1) is 0 Å². The van der Waals surface area contributed by atoms with Crippen molar-refractivity contribution in [3.63, 3.8) is 0 Å². The molecule has 27 heteroatoms. The summed E-state index contributed by atoms with van der Waals surface area (Å²) in [5.41, 5.74) is 0. The molecule has 39 heavy (non-hydrogen) atoms. The normalized spacial score (nSPS) is 19.4. The highest BCUT2D eigenvalue weighted by Crippen LogP contribution is 2.46. The van der Waals surface area contributed by atoms with Crippen molar-refractivity contribution in [2.75, 3.05) is 26.4 Å². The lowest BCUT2D eigenvalue weighted by Gasteiger charge is -2.27. The third-order valence-corrected chi connectivity index (χ3v) is 6.27. The van der Waals surface area contributed by atoms with E-state index in [2.05, 4.69) is 22.6 Å². The highest BCUT2D eigenvalue weighted by atomic mass is 31.2. The quantitative estimate of drug-likeness (QED) is 0.0542. The molecule has 0 spiro atoms. The van der Waals surface area contributed by atoms with Crippen LogP contribution in [0.2, 0.25) is 0 Å². The maximum absolute atomic E-state index is 12.2. The smallest absolute Gasteiger partial charge is 0.388 e. The van der Waals surface area contributed by atoms with Crippen LogP contribution in [-0.4, -0.2) is 134 Å². The fourth-order valence-electron chi connectivity index (χ4n) is 2.09. The van der Waals surface area contributed by atoms with E-state index in [4.69, 9.17) is 29.4 Å². The molecule has 0 heterocycles. The Kier molecular flexibility index (Phi) is 15.5. The van der Waals surface area contributed by atoms with E-state index in [9.17, 15) is 58.3 Å². The molecule has 0 saturated heterocycles. The number of phosphoric ester groups is 4. The second-order valence-electron chi connectivity index (χ2n) is 7.10. The Labute approximate surface area is 216 Å².